The Morgan fingerprint density at radius 1 is 1.39 bits per heavy atom. The van der Waals surface area contributed by atoms with E-state index in [-0.39, 0.29) is 0 Å². The third kappa shape index (κ3) is 3.96. The van der Waals surface area contributed by atoms with Crippen LogP contribution in [0.4, 0.5) is 5.69 Å². The first kappa shape index (κ1) is 14.4. The molecule has 0 bridgehead atoms. The van der Waals surface area contributed by atoms with E-state index in [1.54, 1.807) is 12.1 Å². The molecule has 3 heteroatoms. The number of para-hydroxylation sites is 1. The summed E-state index contributed by atoms with van der Waals surface area (Å²) in [6.45, 7) is 5.05. The fraction of sp³-hybridized carbons (Fsp3) is 0.533. The van der Waals surface area contributed by atoms with Gasteiger partial charge in [0, 0.05) is 0 Å². The summed E-state index contributed by atoms with van der Waals surface area (Å²) < 4.78 is 5.75. The van der Waals surface area contributed by atoms with Crippen molar-refractivity contribution in [2.45, 2.75) is 39.5 Å². The van der Waals surface area contributed by atoms with E-state index in [0.717, 1.165) is 6.42 Å². The Kier molecular flexibility index (Phi) is 6.07. The zero-order valence-electron chi connectivity index (χ0n) is 11.3. The standard InChI is InChI=1S/C15H22N2O/c1-3-5-7-12(4-2)11-18-14-9-6-8-13(10-16)15(14)17/h6,8-9,12H,3-5,7,11,17H2,1-2H3. The van der Waals surface area contributed by atoms with Crippen LogP contribution in [0.1, 0.15) is 45.1 Å². The topological polar surface area (TPSA) is 59.0 Å². The minimum absolute atomic E-state index is 0.449. The van der Waals surface area contributed by atoms with Gasteiger partial charge in [-0.25, -0.2) is 0 Å². The number of nitrogens with zero attached hydrogens (tertiary/aromatic N) is 1. The highest BCUT2D eigenvalue weighted by Crippen LogP contribution is 2.25. The molecule has 1 atom stereocenters. The minimum Gasteiger partial charge on any atom is -0.491 e. The normalized spacial score (nSPS) is 11.8. The number of hydrogen-bond donors (Lipinski definition) is 1. The number of nitrogens with two attached hydrogens (primary N) is 1. The van der Waals surface area contributed by atoms with Crippen molar-refractivity contribution in [2.24, 2.45) is 5.92 Å². The zero-order chi connectivity index (χ0) is 13.4. The third-order valence-corrected chi connectivity index (χ3v) is 3.20. The first-order valence-electron chi connectivity index (χ1n) is 6.64. The lowest BCUT2D eigenvalue weighted by Gasteiger charge is -2.16. The molecule has 0 aliphatic heterocycles. The van der Waals surface area contributed by atoms with E-state index < -0.39 is 0 Å². The van der Waals surface area contributed by atoms with Gasteiger partial charge < -0.3 is 10.5 Å². The second-order valence-corrected chi connectivity index (χ2v) is 4.56. The van der Waals surface area contributed by atoms with Gasteiger partial charge in [-0.15, -0.1) is 0 Å². The summed E-state index contributed by atoms with van der Waals surface area (Å²) in [6.07, 6.45) is 4.74. The first-order chi connectivity index (χ1) is 8.72. The molecule has 1 aromatic carbocycles. The zero-order valence-corrected chi connectivity index (χ0v) is 11.3. The van der Waals surface area contributed by atoms with Gasteiger partial charge in [-0.3, -0.25) is 0 Å². The van der Waals surface area contributed by atoms with E-state index >= 15 is 0 Å². The van der Waals surface area contributed by atoms with Gasteiger partial charge in [-0.05, 0) is 24.5 Å². The molecule has 0 radical (unpaired) electrons. The SMILES string of the molecule is CCCCC(CC)COc1cccc(C#N)c1N. The quantitative estimate of drug-likeness (QED) is 0.746. The molecule has 1 aromatic rings. The van der Waals surface area contributed by atoms with Crippen molar-refractivity contribution in [3.05, 3.63) is 23.8 Å². The van der Waals surface area contributed by atoms with Gasteiger partial charge in [0.25, 0.3) is 0 Å². The molecule has 0 saturated carbocycles. The van der Waals surface area contributed by atoms with E-state index in [2.05, 4.69) is 19.9 Å². The second-order valence-electron chi connectivity index (χ2n) is 4.56. The molecule has 3 nitrogen and oxygen atoms in total. The van der Waals surface area contributed by atoms with Crippen LogP contribution in [0.5, 0.6) is 5.75 Å². The summed E-state index contributed by atoms with van der Waals surface area (Å²) in [5.74, 6) is 1.19. The third-order valence-electron chi connectivity index (χ3n) is 3.20. The molecule has 98 valence electrons. The van der Waals surface area contributed by atoms with Gasteiger partial charge in [0.1, 0.15) is 11.8 Å². The van der Waals surface area contributed by atoms with E-state index in [9.17, 15) is 0 Å². The Bertz CT molecular complexity index is 409. The van der Waals surface area contributed by atoms with E-state index in [4.69, 9.17) is 15.7 Å². The number of nitrogen functional groups attached to an aromatic ring is 1. The largest absolute Gasteiger partial charge is 0.491 e. The van der Waals surface area contributed by atoms with E-state index in [1.807, 2.05) is 6.07 Å². The molecule has 0 aliphatic rings. The van der Waals surface area contributed by atoms with Crippen LogP contribution in [0.3, 0.4) is 0 Å². The van der Waals surface area contributed by atoms with Crippen molar-refractivity contribution in [2.75, 3.05) is 12.3 Å². The van der Waals surface area contributed by atoms with Crippen molar-refractivity contribution < 1.29 is 4.74 Å². The number of anilines is 1. The van der Waals surface area contributed by atoms with Crippen molar-refractivity contribution in [3.8, 4) is 11.8 Å². The molecule has 0 aromatic heterocycles. The molecule has 0 heterocycles. The van der Waals surface area contributed by atoms with E-state index in [0.29, 0.717) is 29.5 Å². The number of nitriles is 1. The lowest BCUT2D eigenvalue weighted by atomic mass is 10.0. The summed E-state index contributed by atoms with van der Waals surface area (Å²) >= 11 is 0. The first-order valence-corrected chi connectivity index (χ1v) is 6.64. The van der Waals surface area contributed by atoms with Crippen LogP contribution in [-0.2, 0) is 0 Å². The fourth-order valence-corrected chi connectivity index (χ4v) is 1.87. The molecule has 1 unspecified atom stereocenters. The maximum absolute atomic E-state index is 8.90. The summed E-state index contributed by atoms with van der Waals surface area (Å²) in [7, 11) is 0. The van der Waals surface area contributed by atoms with Crippen molar-refractivity contribution >= 4 is 5.69 Å². The van der Waals surface area contributed by atoms with Gasteiger partial charge in [0.15, 0.2) is 0 Å². The lowest BCUT2D eigenvalue weighted by Crippen LogP contribution is -2.12. The number of unbranched alkanes of at least 4 members (excludes halogenated alkanes) is 1. The fourth-order valence-electron chi connectivity index (χ4n) is 1.87. The van der Waals surface area contributed by atoms with Crippen LogP contribution in [0, 0.1) is 17.2 Å². The highest BCUT2D eigenvalue weighted by molar-refractivity contribution is 5.62. The molecule has 0 aliphatic carbocycles. The Morgan fingerprint density at radius 2 is 2.17 bits per heavy atom. The minimum atomic E-state index is 0.449. The smallest absolute Gasteiger partial charge is 0.143 e. The van der Waals surface area contributed by atoms with Crippen molar-refractivity contribution in [3.63, 3.8) is 0 Å². The number of hydrogen-bond acceptors (Lipinski definition) is 3. The molecule has 2 N–H and O–H groups in total. The Labute approximate surface area is 110 Å². The molecule has 0 amide bonds. The van der Waals surface area contributed by atoms with Crippen LogP contribution >= 0.6 is 0 Å². The number of benzene rings is 1. The molecular weight excluding hydrogens is 224 g/mol. The Hall–Kier alpha value is -1.69. The average Bonchev–Trinajstić information content (AvgIpc) is 2.40. The maximum Gasteiger partial charge on any atom is 0.143 e. The van der Waals surface area contributed by atoms with E-state index in [1.165, 1.54) is 19.3 Å². The predicted molar refractivity (Wildman–Crippen MR) is 74.4 cm³/mol. The van der Waals surface area contributed by atoms with Crippen molar-refractivity contribution in [1.82, 2.24) is 0 Å². The highest BCUT2D eigenvalue weighted by atomic mass is 16.5. The van der Waals surface area contributed by atoms with Gasteiger partial charge >= 0.3 is 0 Å². The number of rotatable bonds is 7. The molecule has 0 spiro atoms. The lowest BCUT2D eigenvalue weighted by molar-refractivity contribution is 0.234. The summed E-state index contributed by atoms with van der Waals surface area (Å²) in [6, 6.07) is 7.40. The van der Waals surface area contributed by atoms with Crippen molar-refractivity contribution in [1.29, 1.82) is 5.26 Å². The molecule has 1 rings (SSSR count). The molecule has 18 heavy (non-hydrogen) atoms. The predicted octanol–water partition coefficient (Wildman–Crippen LogP) is 3.74. The maximum atomic E-state index is 8.90. The van der Waals surface area contributed by atoms with Crippen LogP contribution in [0.2, 0.25) is 0 Å². The van der Waals surface area contributed by atoms with Crippen LogP contribution in [-0.4, -0.2) is 6.61 Å². The highest BCUT2D eigenvalue weighted by Gasteiger charge is 2.10. The van der Waals surface area contributed by atoms with Gasteiger partial charge in [0.05, 0.1) is 17.9 Å². The molecule has 0 saturated heterocycles. The average molecular weight is 246 g/mol. The van der Waals surface area contributed by atoms with Crippen LogP contribution < -0.4 is 10.5 Å². The van der Waals surface area contributed by atoms with Gasteiger partial charge in [0.2, 0.25) is 0 Å². The van der Waals surface area contributed by atoms with Crippen LogP contribution in [0.15, 0.2) is 18.2 Å². The Morgan fingerprint density at radius 3 is 2.78 bits per heavy atom. The summed E-state index contributed by atoms with van der Waals surface area (Å²) in [5.41, 5.74) is 6.80. The molecule has 0 fully saturated rings. The van der Waals surface area contributed by atoms with Gasteiger partial charge in [-0.1, -0.05) is 39.2 Å². The monoisotopic (exact) mass is 246 g/mol. The summed E-state index contributed by atoms with van der Waals surface area (Å²) in [5, 5.41) is 8.90. The summed E-state index contributed by atoms with van der Waals surface area (Å²) in [4.78, 5) is 0. The van der Waals surface area contributed by atoms with Crippen LogP contribution in [0.25, 0.3) is 0 Å². The van der Waals surface area contributed by atoms with Gasteiger partial charge in [-0.2, -0.15) is 5.26 Å². The number of ether oxygens (including phenoxy) is 1. The molecular formula is C15H22N2O. The Balaban J connectivity index is 2.60. The second kappa shape index (κ2) is 7.60.